The molecule has 0 aromatic carbocycles. The second kappa shape index (κ2) is 5.44. The molecule has 0 aliphatic carbocycles. The van der Waals surface area contributed by atoms with Crippen LogP contribution < -0.4 is 10.0 Å². The second-order valence-electron chi connectivity index (χ2n) is 4.94. The highest BCUT2D eigenvalue weighted by molar-refractivity contribution is 7.89. The van der Waals surface area contributed by atoms with Gasteiger partial charge in [0.05, 0.1) is 17.8 Å². The zero-order valence-corrected chi connectivity index (χ0v) is 12.0. The summed E-state index contributed by atoms with van der Waals surface area (Å²) < 4.78 is 33.0. The second-order valence-corrected chi connectivity index (χ2v) is 6.59. The van der Waals surface area contributed by atoms with Gasteiger partial charge < -0.3 is 10.1 Å². The maximum atomic E-state index is 12.4. The van der Waals surface area contributed by atoms with Gasteiger partial charge in [-0.1, -0.05) is 0 Å². The van der Waals surface area contributed by atoms with E-state index in [2.05, 4.69) is 15.0 Å². The largest absolute Gasteiger partial charge is 0.387 e. The average Bonchev–Trinajstić information content (AvgIpc) is 2.38. The Kier molecular flexibility index (Phi) is 4.07. The summed E-state index contributed by atoms with van der Waals surface area (Å²) in [6.07, 6.45) is 4.52. The zero-order chi connectivity index (χ0) is 13.9. The maximum absolute atomic E-state index is 12.4. The van der Waals surface area contributed by atoms with E-state index in [1.807, 2.05) is 6.92 Å². The predicted molar refractivity (Wildman–Crippen MR) is 72.6 cm³/mol. The number of aromatic nitrogens is 1. The van der Waals surface area contributed by atoms with Crippen LogP contribution in [0.25, 0.3) is 0 Å². The predicted octanol–water partition coefficient (Wildman–Crippen LogP) is 0.971. The minimum atomic E-state index is -3.62. The number of rotatable bonds is 4. The van der Waals surface area contributed by atoms with Gasteiger partial charge in [-0.2, -0.15) is 0 Å². The molecule has 2 N–H and O–H groups in total. The first kappa shape index (κ1) is 14.2. The molecule has 1 aromatic heterocycles. The lowest BCUT2D eigenvalue weighted by molar-refractivity contribution is 0.0386. The van der Waals surface area contributed by atoms with Crippen LogP contribution in [0.4, 0.5) is 5.69 Å². The van der Waals surface area contributed by atoms with Crippen molar-refractivity contribution in [3.8, 4) is 0 Å². The van der Waals surface area contributed by atoms with E-state index in [9.17, 15) is 8.42 Å². The molecule has 1 aliphatic heterocycles. The van der Waals surface area contributed by atoms with Crippen LogP contribution in [0.3, 0.4) is 0 Å². The van der Waals surface area contributed by atoms with Gasteiger partial charge in [0.2, 0.25) is 10.0 Å². The Bertz CT molecular complexity index is 539. The van der Waals surface area contributed by atoms with E-state index in [1.54, 1.807) is 19.3 Å². The van der Waals surface area contributed by atoms with Crippen LogP contribution in [0.15, 0.2) is 23.4 Å². The Hall–Kier alpha value is -1.18. The Morgan fingerprint density at radius 2 is 2.26 bits per heavy atom. The smallest absolute Gasteiger partial charge is 0.244 e. The molecule has 1 saturated heterocycles. The Labute approximate surface area is 113 Å². The first-order valence-electron chi connectivity index (χ1n) is 6.20. The molecule has 1 aliphatic rings. The van der Waals surface area contributed by atoms with Crippen molar-refractivity contribution in [2.75, 3.05) is 25.6 Å². The Morgan fingerprint density at radius 3 is 2.89 bits per heavy atom. The topological polar surface area (TPSA) is 80.3 Å². The highest BCUT2D eigenvalue weighted by atomic mass is 32.2. The average molecular weight is 285 g/mol. The van der Waals surface area contributed by atoms with Gasteiger partial charge in [0, 0.05) is 26.0 Å². The molecule has 0 saturated carbocycles. The first-order valence-corrected chi connectivity index (χ1v) is 7.69. The van der Waals surface area contributed by atoms with Crippen molar-refractivity contribution in [1.82, 2.24) is 9.71 Å². The van der Waals surface area contributed by atoms with Gasteiger partial charge in [-0.05, 0) is 25.8 Å². The molecule has 0 amide bonds. The molecule has 7 heteroatoms. The minimum Gasteiger partial charge on any atom is -0.387 e. The number of pyridine rings is 1. The SMILES string of the molecule is CNc1ccncc1S(=O)(=O)NC1(C)CCCOC1. The number of hydrogen-bond acceptors (Lipinski definition) is 5. The van der Waals surface area contributed by atoms with E-state index in [0.717, 1.165) is 12.8 Å². The Balaban J connectivity index is 2.27. The van der Waals surface area contributed by atoms with Crippen LogP contribution in [0.2, 0.25) is 0 Å². The summed E-state index contributed by atoms with van der Waals surface area (Å²) >= 11 is 0. The fourth-order valence-corrected chi connectivity index (χ4v) is 3.77. The van der Waals surface area contributed by atoms with E-state index in [1.165, 1.54) is 6.20 Å². The van der Waals surface area contributed by atoms with Crippen molar-refractivity contribution in [2.24, 2.45) is 0 Å². The molecule has 0 radical (unpaired) electrons. The minimum absolute atomic E-state index is 0.157. The lowest BCUT2D eigenvalue weighted by Crippen LogP contribution is -2.51. The summed E-state index contributed by atoms with van der Waals surface area (Å²) in [6.45, 7) is 2.94. The van der Waals surface area contributed by atoms with E-state index in [-0.39, 0.29) is 4.90 Å². The third kappa shape index (κ3) is 3.23. The van der Waals surface area contributed by atoms with Crippen LogP contribution >= 0.6 is 0 Å². The van der Waals surface area contributed by atoms with Gasteiger partial charge in [-0.3, -0.25) is 4.98 Å². The van der Waals surface area contributed by atoms with Gasteiger partial charge in [0.25, 0.3) is 0 Å². The third-order valence-electron chi connectivity index (χ3n) is 3.16. The zero-order valence-electron chi connectivity index (χ0n) is 11.1. The third-order valence-corrected chi connectivity index (χ3v) is 4.83. The number of anilines is 1. The first-order chi connectivity index (χ1) is 8.97. The lowest BCUT2D eigenvalue weighted by atomic mass is 9.97. The molecule has 1 atom stereocenters. The quantitative estimate of drug-likeness (QED) is 0.861. The molecule has 6 nitrogen and oxygen atoms in total. The molecule has 2 heterocycles. The number of nitrogens with zero attached hydrogens (tertiary/aromatic N) is 1. The van der Waals surface area contributed by atoms with Crippen LogP contribution in [0.1, 0.15) is 19.8 Å². The van der Waals surface area contributed by atoms with Gasteiger partial charge in [-0.15, -0.1) is 0 Å². The summed E-state index contributed by atoms with van der Waals surface area (Å²) in [4.78, 5) is 4.04. The van der Waals surface area contributed by atoms with Gasteiger partial charge in [0.15, 0.2) is 0 Å². The molecule has 2 rings (SSSR count). The van der Waals surface area contributed by atoms with E-state index in [4.69, 9.17) is 4.74 Å². The van der Waals surface area contributed by atoms with Crippen molar-refractivity contribution in [3.05, 3.63) is 18.5 Å². The van der Waals surface area contributed by atoms with E-state index < -0.39 is 15.6 Å². The van der Waals surface area contributed by atoms with Gasteiger partial charge in [0.1, 0.15) is 4.90 Å². The number of hydrogen-bond donors (Lipinski definition) is 2. The molecule has 1 unspecified atom stereocenters. The fraction of sp³-hybridized carbons (Fsp3) is 0.583. The van der Waals surface area contributed by atoms with Crippen LogP contribution in [0.5, 0.6) is 0 Å². The van der Waals surface area contributed by atoms with Crippen molar-refractivity contribution in [2.45, 2.75) is 30.2 Å². The summed E-state index contributed by atoms with van der Waals surface area (Å²) in [5.74, 6) is 0. The maximum Gasteiger partial charge on any atom is 0.244 e. The summed E-state index contributed by atoms with van der Waals surface area (Å²) in [6, 6.07) is 1.63. The van der Waals surface area contributed by atoms with E-state index in [0.29, 0.717) is 18.9 Å². The molecule has 19 heavy (non-hydrogen) atoms. The van der Waals surface area contributed by atoms with Crippen molar-refractivity contribution >= 4 is 15.7 Å². The lowest BCUT2D eigenvalue weighted by Gasteiger charge is -2.34. The summed E-state index contributed by atoms with van der Waals surface area (Å²) in [7, 11) is -1.94. The van der Waals surface area contributed by atoms with Crippen molar-refractivity contribution in [1.29, 1.82) is 0 Å². The van der Waals surface area contributed by atoms with Crippen molar-refractivity contribution < 1.29 is 13.2 Å². The molecule has 1 aromatic rings. The molecular formula is C12H19N3O3S. The number of nitrogens with one attached hydrogen (secondary N) is 2. The van der Waals surface area contributed by atoms with Crippen LogP contribution in [-0.2, 0) is 14.8 Å². The Morgan fingerprint density at radius 1 is 1.47 bits per heavy atom. The number of ether oxygens (including phenoxy) is 1. The van der Waals surface area contributed by atoms with Gasteiger partial charge in [-0.25, -0.2) is 13.1 Å². The summed E-state index contributed by atoms with van der Waals surface area (Å²) in [5.41, 5.74) is -0.0272. The van der Waals surface area contributed by atoms with Crippen LogP contribution in [0, 0.1) is 0 Å². The van der Waals surface area contributed by atoms with Crippen LogP contribution in [-0.4, -0.2) is 39.2 Å². The normalized spacial score (nSPS) is 24.1. The molecule has 1 fully saturated rings. The summed E-state index contributed by atoms with van der Waals surface area (Å²) in [5, 5.41) is 2.86. The van der Waals surface area contributed by atoms with Crippen molar-refractivity contribution in [3.63, 3.8) is 0 Å². The highest BCUT2D eigenvalue weighted by Gasteiger charge is 2.33. The monoisotopic (exact) mass is 285 g/mol. The standard InChI is InChI=1S/C12H19N3O3S/c1-12(5-3-7-18-9-12)15-19(16,17)11-8-14-6-4-10(11)13-2/h4,6,8,15H,3,5,7,9H2,1-2H3,(H,13,14). The molecular weight excluding hydrogens is 266 g/mol. The van der Waals surface area contributed by atoms with E-state index >= 15 is 0 Å². The fourth-order valence-electron chi connectivity index (χ4n) is 2.19. The number of sulfonamides is 1. The highest BCUT2D eigenvalue weighted by Crippen LogP contribution is 2.24. The molecule has 106 valence electrons. The molecule has 0 bridgehead atoms. The van der Waals surface area contributed by atoms with Gasteiger partial charge >= 0.3 is 0 Å². The molecule has 0 spiro atoms.